The molecule has 0 saturated carbocycles. The van der Waals surface area contributed by atoms with E-state index in [4.69, 9.17) is 0 Å². The summed E-state index contributed by atoms with van der Waals surface area (Å²) in [6.45, 7) is 4.63. The summed E-state index contributed by atoms with van der Waals surface area (Å²) in [6.07, 6.45) is 2.34. The molecule has 1 aromatic heterocycles. The van der Waals surface area contributed by atoms with Crippen molar-refractivity contribution in [1.82, 2.24) is 9.67 Å². The molecule has 0 saturated heterocycles. The smallest absolute Gasteiger partial charge is 0.350 e. The van der Waals surface area contributed by atoms with Gasteiger partial charge in [0.2, 0.25) is 6.33 Å². The Hall–Kier alpha value is -1.94. The van der Waals surface area contributed by atoms with Gasteiger partial charge in [-0.15, -0.1) is 11.8 Å². The number of rotatable bonds is 6. The molecule has 3 rings (SSSR count). The quantitative estimate of drug-likeness (QED) is 0.564. The van der Waals surface area contributed by atoms with Gasteiger partial charge in [-0.25, -0.2) is 4.79 Å². The van der Waals surface area contributed by atoms with Crippen LogP contribution < -0.4 is 4.68 Å². The minimum atomic E-state index is -1.16. The molecule has 2 aliphatic heterocycles. The van der Waals surface area contributed by atoms with E-state index in [1.807, 2.05) is 16.3 Å². The topological polar surface area (TPSA) is 129 Å². The molecule has 0 aromatic carbocycles. The first-order valence-electron chi connectivity index (χ1n) is 8.06. The number of carbonyl (C=O) groups is 2. The Bertz CT molecular complexity index is 698. The first-order chi connectivity index (χ1) is 11.8. The van der Waals surface area contributed by atoms with Crippen LogP contribution in [0.3, 0.4) is 0 Å². The van der Waals surface area contributed by atoms with Gasteiger partial charge in [0.15, 0.2) is 0 Å². The minimum absolute atomic E-state index is 0.00546. The Kier molecular flexibility index (Phi) is 4.83. The molecule has 1 unspecified atom stereocenters. The molecule has 0 bridgehead atoms. The largest absolute Gasteiger partial charge is 0.481 e. The molecule has 3 N–H and O–H groups in total. The lowest BCUT2D eigenvalue weighted by atomic mass is 9.86. The van der Waals surface area contributed by atoms with Crippen LogP contribution in [0, 0.1) is 11.8 Å². The summed E-state index contributed by atoms with van der Waals surface area (Å²) < 4.78 is 3.92. The zero-order valence-electron chi connectivity index (χ0n) is 13.9. The molecule has 10 heteroatoms. The van der Waals surface area contributed by atoms with Gasteiger partial charge in [0.25, 0.3) is 0 Å². The second-order valence-electron chi connectivity index (χ2n) is 6.58. The number of hydrogen-bond acceptors (Lipinski definition) is 6. The number of aliphatic imine (C=N–C) groups is 1. The van der Waals surface area contributed by atoms with E-state index in [2.05, 4.69) is 9.98 Å². The van der Waals surface area contributed by atoms with Crippen LogP contribution in [0.2, 0.25) is 0 Å². The molecule has 1 aromatic rings. The summed E-state index contributed by atoms with van der Waals surface area (Å²) in [7, 11) is 0. The summed E-state index contributed by atoms with van der Waals surface area (Å²) in [5, 5.41) is 28.5. The van der Waals surface area contributed by atoms with Crippen molar-refractivity contribution in [3.63, 3.8) is 0 Å². The van der Waals surface area contributed by atoms with E-state index in [-0.39, 0.29) is 16.9 Å². The summed E-state index contributed by atoms with van der Waals surface area (Å²) in [4.78, 5) is 31.4. The van der Waals surface area contributed by atoms with Crippen molar-refractivity contribution in [3.05, 3.63) is 12.7 Å². The van der Waals surface area contributed by atoms with E-state index < -0.39 is 35.3 Å². The van der Waals surface area contributed by atoms with Crippen molar-refractivity contribution in [3.8, 4) is 0 Å². The molecule has 0 aliphatic carbocycles. The lowest BCUT2D eigenvalue weighted by Crippen LogP contribution is -2.40. The van der Waals surface area contributed by atoms with Crippen LogP contribution >= 0.6 is 11.8 Å². The lowest BCUT2D eigenvalue weighted by molar-refractivity contribution is -0.758. The van der Waals surface area contributed by atoms with Crippen molar-refractivity contribution in [2.75, 3.05) is 0 Å². The highest BCUT2D eigenvalue weighted by atomic mass is 32.2. The number of aromatic nitrogens is 3. The van der Waals surface area contributed by atoms with E-state index >= 15 is 0 Å². The second-order valence-corrected chi connectivity index (χ2v) is 8.02. The predicted octanol–water partition coefficient (Wildman–Crippen LogP) is -0.720. The number of thioether (sulfide) groups is 1. The fourth-order valence-corrected chi connectivity index (χ4v) is 5.17. The number of nitrogens with zero attached hydrogens (tertiary/aromatic N) is 4. The maximum atomic E-state index is 11.6. The van der Waals surface area contributed by atoms with Gasteiger partial charge in [-0.1, -0.05) is 6.92 Å². The molecule has 3 heterocycles. The molecule has 0 amide bonds. The highest BCUT2D eigenvalue weighted by molar-refractivity contribution is 8.01. The summed E-state index contributed by atoms with van der Waals surface area (Å²) >= 11 is 1.51. The molecule has 0 radical (unpaired) electrons. The summed E-state index contributed by atoms with van der Waals surface area (Å²) in [5.41, 5.74) is -0.00546. The van der Waals surface area contributed by atoms with Crippen LogP contribution in [-0.2, 0) is 22.7 Å². The predicted molar refractivity (Wildman–Crippen MR) is 88.4 cm³/mol. The number of carboxylic acids is 2. The normalized spacial score (nSPS) is 30.6. The van der Waals surface area contributed by atoms with Crippen LogP contribution in [0.15, 0.2) is 17.6 Å². The third-order valence-electron chi connectivity index (χ3n) is 4.82. The van der Waals surface area contributed by atoms with Gasteiger partial charge in [-0.05, 0) is 17.8 Å². The van der Waals surface area contributed by atoms with Crippen LogP contribution in [0.25, 0.3) is 0 Å². The van der Waals surface area contributed by atoms with Gasteiger partial charge in [-0.3, -0.25) is 9.79 Å². The zero-order chi connectivity index (χ0) is 18.3. The second kappa shape index (κ2) is 6.75. The molecule has 25 heavy (non-hydrogen) atoms. The number of hydrogen-bond donors (Lipinski definition) is 3. The van der Waals surface area contributed by atoms with Crippen molar-refractivity contribution in [2.45, 2.75) is 49.6 Å². The van der Waals surface area contributed by atoms with Gasteiger partial charge in [-0.2, -0.15) is 9.36 Å². The molecule has 0 spiro atoms. The van der Waals surface area contributed by atoms with Crippen molar-refractivity contribution in [2.24, 2.45) is 16.8 Å². The van der Waals surface area contributed by atoms with E-state index in [1.54, 1.807) is 12.7 Å². The number of carboxylic acid groups (broad SMARTS) is 2. The maximum Gasteiger partial charge on any atom is 0.350 e. The minimum Gasteiger partial charge on any atom is -0.481 e. The third-order valence-corrected chi connectivity index (χ3v) is 6.44. The van der Waals surface area contributed by atoms with Crippen LogP contribution in [0.5, 0.6) is 0 Å². The fourth-order valence-electron chi connectivity index (χ4n) is 3.58. The number of aliphatic carboxylic acids is 2. The summed E-state index contributed by atoms with van der Waals surface area (Å²) in [6, 6.07) is -0.754. The third kappa shape index (κ3) is 3.28. The zero-order valence-corrected chi connectivity index (χ0v) is 14.7. The monoisotopic (exact) mass is 369 g/mol. The lowest BCUT2D eigenvalue weighted by Gasteiger charge is -2.26. The Morgan fingerprint density at radius 1 is 1.44 bits per heavy atom. The maximum absolute atomic E-state index is 11.6. The SMILES string of the molecule is C[C@@H](O)[C@@H](C(=O)O)[C@@H]1N=C(C(=O)O)C(SC2Cn3cnc[n+]3C2)[C@@H]1C. The average molecular weight is 369 g/mol. The number of aliphatic hydroxyl groups is 1. The number of fused-ring (bicyclic) bond motifs is 1. The molecule has 136 valence electrons. The Balaban J connectivity index is 1.79. The molecule has 5 atom stereocenters. The first-order valence-corrected chi connectivity index (χ1v) is 9.01. The van der Waals surface area contributed by atoms with Gasteiger partial charge in [0.05, 0.1) is 29.2 Å². The molecule has 9 nitrogen and oxygen atoms in total. The highest BCUT2D eigenvalue weighted by Gasteiger charge is 2.48. The van der Waals surface area contributed by atoms with Crippen LogP contribution in [0.4, 0.5) is 0 Å². The molecule has 0 fully saturated rings. The van der Waals surface area contributed by atoms with E-state index in [1.165, 1.54) is 18.7 Å². The Morgan fingerprint density at radius 2 is 2.16 bits per heavy atom. The number of aliphatic hydroxyl groups excluding tert-OH is 1. The van der Waals surface area contributed by atoms with Crippen molar-refractivity contribution < 1.29 is 29.6 Å². The molecular weight excluding hydrogens is 348 g/mol. The van der Waals surface area contributed by atoms with Gasteiger partial charge < -0.3 is 15.3 Å². The molecular formula is C15H21N4O5S+. The van der Waals surface area contributed by atoms with E-state index in [0.29, 0.717) is 13.1 Å². The first kappa shape index (κ1) is 17.9. The Morgan fingerprint density at radius 3 is 2.72 bits per heavy atom. The van der Waals surface area contributed by atoms with Crippen LogP contribution in [0.1, 0.15) is 13.8 Å². The van der Waals surface area contributed by atoms with Crippen molar-refractivity contribution >= 4 is 29.4 Å². The molecule has 2 aliphatic rings. The average Bonchev–Trinajstić information content (AvgIpc) is 3.15. The highest BCUT2D eigenvalue weighted by Crippen LogP contribution is 2.38. The van der Waals surface area contributed by atoms with Crippen LogP contribution in [-0.4, -0.2) is 65.3 Å². The van der Waals surface area contributed by atoms with E-state index in [0.717, 1.165) is 0 Å². The van der Waals surface area contributed by atoms with E-state index in [9.17, 15) is 24.9 Å². The summed E-state index contributed by atoms with van der Waals surface area (Å²) in [5.74, 6) is -3.71. The Labute approximate surface area is 148 Å². The van der Waals surface area contributed by atoms with Gasteiger partial charge >= 0.3 is 18.3 Å². The fraction of sp³-hybridized carbons (Fsp3) is 0.667. The van der Waals surface area contributed by atoms with Gasteiger partial charge in [0, 0.05) is 0 Å². The standard InChI is InChI=1S/C15H20N4O5S/c1-7-11(10(8(2)20)14(21)22)17-12(15(23)24)13(7)25-9-3-18-5-16-6-19(18)4-9/h5-11,13,20H,3-4H2,1-2H3,(H-,21,22,23,24)/p+1/t7-,8-,10-,11-,13?/m1/s1. The van der Waals surface area contributed by atoms with Gasteiger partial charge in [0.1, 0.15) is 18.2 Å². The van der Waals surface area contributed by atoms with Crippen molar-refractivity contribution in [1.29, 1.82) is 0 Å².